The van der Waals surface area contributed by atoms with Gasteiger partial charge in [0.15, 0.2) is 12.4 Å². The number of alkyl halides is 3. The lowest BCUT2D eigenvalue weighted by Crippen LogP contribution is -2.51. The number of carbonyl (C=O) groups excluding carboxylic acids is 1. The normalized spacial score (nSPS) is 17.3. The standard InChI is InChI=1S/C29H24F5N3O2/c1-28(13-18-8-22(30)12-23(31)9-18)25-11-20(19-4-3-5-24(10-19)39-16-29(32,33)34)6-7-21(25)14-37(27(28)38)26-15-36(2)17-35-26/h3-12,15,17H,13-14,16H2,1-2H3. The first-order valence-electron chi connectivity index (χ1n) is 12.1. The predicted octanol–water partition coefficient (Wildman–Crippen LogP) is 6.35. The molecule has 5 rings (SSSR count). The SMILES string of the molecule is Cn1cnc(N2Cc3ccc(-c4cccc(OCC(F)(F)F)c4)cc3C(C)(Cc3cc(F)cc(F)c3)C2=O)c1. The summed E-state index contributed by atoms with van der Waals surface area (Å²) in [5.74, 6) is -1.29. The van der Waals surface area contributed by atoms with Crippen LogP contribution in [0.2, 0.25) is 0 Å². The first-order chi connectivity index (χ1) is 18.4. The van der Waals surface area contributed by atoms with Gasteiger partial charge in [-0.2, -0.15) is 13.2 Å². The minimum atomic E-state index is -4.47. The molecular weight excluding hydrogens is 517 g/mol. The van der Waals surface area contributed by atoms with Crippen molar-refractivity contribution in [1.82, 2.24) is 9.55 Å². The Morgan fingerprint density at radius 3 is 2.38 bits per heavy atom. The number of ether oxygens (including phenoxy) is 1. The zero-order chi connectivity index (χ0) is 27.9. The fourth-order valence-electron chi connectivity index (χ4n) is 5.01. The number of nitrogens with zero attached hydrogens (tertiary/aromatic N) is 3. The Kier molecular flexibility index (Phi) is 6.65. The summed E-state index contributed by atoms with van der Waals surface area (Å²) in [4.78, 5) is 19.9. The fraction of sp³-hybridized carbons (Fsp3) is 0.241. The van der Waals surface area contributed by atoms with Crippen molar-refractivity contribution in [2.24, 2.45) is 7.05 Å². The Morgan fingerprint density at radius 2 is 1.72 bits per heavy atom. The van der Waals surface area contributed by atoms with Crippen molar-refractivity contribution in [3.05, 3.63) is 102 Å². The van der Waals surface area contributed by atoms with E-state index in [9.17, 15) is 26.7 Å². The number of rotatable bonds is 6. The molecule has 0 saturated carbocycles. The lowest BCUT2D eigenvalue weighted by atomic mass is 9.71. The van der Waals surface area contributed by atoms with Crippen molar-refractivity contribution in [3.63, 3.8) is 0 Å². The number of anilines is 1. The second-order valence-corrected chi connectivity index (χ2v) is 9.88. The average Bonchev–Trinajstić information content (AvgIpc) is 3.30. The van der Waals surface area contributed by atoms with E-state index in [1.165, 1.54) is 24.3 Å². The van der Waals surface area contributed by atoms with Gasteiger partial charge in [0.25, 0.3) is 0 Å². The predicted molar refractivity (Wildman–Crippen MR) is 135 cm³/mol. The van der Waals surface area contributed by atoms with E-state index in [4.69, 9.17) is 4.74 Å². The molecule has 0 N–H and O–H groups in total. The van der Waals surface area contributed by atoms with Crippen LogP contribution in [0.4, 0.5) is 27.8 Å². The highest BCUT2D eigenvalue weighted by Crippen LogP contribution is 2.41. The Hall–Kier alpha value is -4.21. The maximum absolute atomic E-state index is 14.1. The van der Waals surface area contributed by atoms with Crippen molar-refractivity contribution >= 4 is 11.7 Å². The summed E-state index contributed by atoms with van der Waals surface area (Å²) in [6.45, 7) is 0.535. The summed E-state index contributed by atoms with van der Waals surface area (Å²) in [7, 11) is 1.78. The average molecular weight is 542 g/mol. The molecule has 3 aromatic carbocycles. The third-order valence-electron chi connectivity index (χ3n) is 6.77. The van der Waals surface area contributed by atoms with Crippen LogP contribution < -0.4 is 9.64 Å². The van der Waals surface area contributed by atoms with Crippen LogP contribution >= 0.6 is 0 Å². The van der Waals surface area contributed by atoms with Gasteiger partial charge in [0.2, 0.25) is 5.91 Å². The molecule has 1 aliphatic rings. The van der Waals surface area contributed by atoms with Gasteiger partial charge in [-0.25, -0.2) is 13.8 Å². The van der Waals surface area contributed by atoms with E-state index >= 15 is 0 Å². The molecule has 0 saturated heterocycles. The first-order valence-corrected chi connectivity index (χ1v) is 12.1. The van der Waals surface area contributed by atoms with Crippen molar-refractivity contribution < 1.29 is 31.5 Å². The summed E-state index contributed by atoms with van der Waals surface area (Å²) >= 11 is 0. The summed E-state index contributed by atoms with van der Waals surface area (Å²) in [6, 6.07) is 14.9. The van der Waals surface area contributed by atoms with Crippen LogP contribution in [0.5, 0.6) is 5.75 Å². The minimum Gasteiger partial charge on any atom is -0.484 e. The Labute approximate surface area is 221 Å². The van der Waals surface area contributed by atoms with Crippen LogP contribution in [0, 0.1) is 11.6 Å². The number of amides is 1. The molecule has 1 unspecified atom stereocenters. The van der Waals surface area contributed by atoms with Gasteiger partial charge >= 0.3 is 6.18 Å². The number of hydrogen-bond acceptors (Lipinski definition) is 3. The molecular formula is C29H24F5N3O2. The quantitative estimate of drug-likeness (QED) is 0.267. The molecule has 2 heterocycles. The van der Waals surface area contributed by atoms with E-state index < -0.39 is 29.8 Å². The molecule has 10 heteroatoms. The van der Waals surface area contributed by atoms with Gasteiger partial charge in [-0.1, -0.05) is 24.3 Å². The number of benzene rings is 3. The molecule has 0 bridgehead atoms. The van der Waals surface area contributed by atoms with Crippen LogP contribution in [0.15, 0.2) is 73.2 Å². The monoisotopic (exact) mass is 541 g/mol. The third kappa shape index (κ3) is 5.50. The second-order valence-electron chi connectivity index (χ2n) is 9.88. The molecule has 0 spiro atoms. The van der Waals surface area contributed by atoms with Crippen molar-refractivity contribution in [2.75, 3.05) is 11.5 Å². The first kappa shape index (κ1) is 26.4. The lowest BCUT2D eigenvalue weighted by molar-refractivity contribution is -0.153. The molecule has 5 nitrogen and oxygen atoms in total. The third-order valence-corrected chi connectivity index (χ3v) is 6.77. The van der Waals surface area contributed by atoms with Gasteiger partial charge in [-0.05, 0) is 71.5 Å². The second kappa shape index (κ2) is 9.83. The largest absolute Gasteiger partial charge is 0.484 e. The van der Waals surface area contributed by atoms with Crippen LogP contribution in [0.25, 0.3) is 11.1 Å². The molecule has 39 heavy (non-hydrogen) atoms. The van der Waals surface area contributed by atoms with Crippen LogP contribution in [-0.4, -0.2) is 28.2 Å². The number of imidazole rings is 1. The Balaban J connectivity index is 1.58. The van der Waals surface area contributed by atoms with Gasteiger partial charge in [0, 0.05) is 19.3 Å². The van der Waals surface area contributed by atoms with E-state index in [1.54, 1.807) is 48.1 Å². The minimum absolute atomic E-state index is 0.00896. The summed E-state index contributed by atoms with van der Waals surface area (Å²) in [5.41, 5.74) is 1.80. The molecule has 0 fully saturated rings. The summed E-state index contributed by atoms with van der Waals surface area (Å²) in [5, 5.41) is 0. The highest BCUT2D eigenvalue weighted by molar-refractivity contribution is 6.02. The van der Waals surface area contributed by atoms with Gasteiger partial charge in [0.05, 0.1) is 18.3 Å². The van der Waals surface area contributed by atoms with Gasteiger partial charge in [-0.15, -0.1) is 0 Å². The molecule has 4 aromatic rings. The van der Waals surface area contributed by atoms with Gasteiger partial charge in [0.1, 0.15) is 17.4 Å². The number of hydrogen-bond donors (Lipinski definition) is 0. The maximum atomic E-state index is 14.1. The Bertz CT molecular complexity index is 1530. The Morgan fingerprint density at radius 1 is 1.00 bits per heavy atom. The number of aromatic nitrogens is 2. The number of aryl methyl sites for hydroxylation is 1. The zero-order valence-electron chi connectivity index (χ0n) is 21.1. The number of carbonyl (C=O) groups is 1. The highest BCUT2D eigenvalue weighted by atomic mass is 19.4. The summed E-state index contributed by atoms with van der Waals surface area (Å²) in [6.07, 6.45) is -1.17. The van der Waals surface area contributed by atoms with E-state index in [-0.39, 0.29) is 24.6 Å². The lowest BCUT2D eigenvalue weighted by Gasteiger charge is -2.40. The maximum Gasteiger partial charge on any atom is 0.422 e. The zero-order valence-corrected chi connectivity index (χ0v) is 21.1. The van der Waals surface area contributed by atoms with E-state index in [0.717, 1.165) is 11.6 Å². The van der Waals surface area contributed by atoms with Gasteiger partial charge < -0.3 is 9.30 Å². The van der Waals surface area contributed by atoms with Gasteiger partial charge in [-0.3, -0.25) is 9.69 Å². The highest BCUT2D eigenvalue weighted by Gasteiger charge is 2.45. The van der Waals surface area contributed by atoms with Crippen LogP contribution in [-0.2, 0) is 30.2 Å². The van der Waals surface area contributed by atoms with Crippen molar-refractivity contribution in [3.8, 4) is 16.9 Å². The molecule has 0 aliphatic carbocycles. The number of fused-ring (bicyclic) bond motifs is 1. The van der Waals surface area contributed by atoms with E-state index in [2.05, 4.69) is 4.98 Å². The van der Waals surface area contributed by atoms with Crippen molar-refractivity contribution in [2.45, 2.75) is 31.5 Å². The fourth-order valence-corrected chi connectivity index (χ4v) is 5.01. The van der Waals surface area contributed by atoms with Crippen LogP contribution in [0.3, 0.4) is 0 Å². The summed E-state index contributed by atoms with van der Waals surface area (Å²) < 4.78 is 72.7. The molecule has 1 aromatic heterocycles. The molecule has 1 aliphatic heterocycles. The number of halogens is 5. The smallest absolute Gasteiger partial charge is 0.422 e. The molecule has 1 amide bonds. The molecule has 0 radical (unpaired) electrons. The van der Waals surface area contributed by atoms with E-state index in [1.807, 2.05) is 18.2 Å². The topological polar surface area (TPSA) is 47.4 Å². The molecule has 202 valence electrons. The van der Waals surface area contributed by atoms with E-state index in [0.29, 0.717) is 28.1 Å². The van der Waals surface area contributed by atoms with Crippen molar-refractivity contribution in [1.29, 1.82) is 0 Å². The van der Waals surface area contributed by atoms with Crippen LogP contribution in [0.1, 0.15) is 23.6 Å². The molecule has 1 atom stereocenters.